The molecule has 20 heavy (non-hydrogen) atoms. The summed E-state index contributed by atoms with van der Waals surface area (Å²) in [7, 11) is 1.48. The van der Waals surface area contributed by atoms with Crippen molar-refractivity contribution in [3.8, 4) is 16.9 Å². The van der Waals surface area contributed by atoms with Crippen LogP contribution in [-0.4, -0.2) is 7.11 Å². The molecule has 0 heterocycles. The summed E-state index contributed by atoms with van der Waals surface area (Å²) < 4.78 is 19.3. The van der Waals surface area contributed by atoms with Gasteiger partial charge in [-0.25, -0.2) is 4.39 Å². The van der Waals surface area contributed by atoms with Crippen LogP contribution in [0.1, 0.15) is 25.3 Å². The quantitative estimate of drug-likeness (QED) is 0.852. The van der Waals surface area contributed by atoms with Crippen molar-refractivity contribution in [3.05, 3.63) is 47.8 Å². The van der Waals surface area contributed by atoms with Gasteiger partial charge in [0.15, 0.2) is 5.82 Å². The number of methoxy groups -OCH3 is 1. The van der Waals surface area contributed by atoms with Gasteiger partial charge in [-0.05, 0) is 41.5 Å². The first-order valence-corrected chi connectivity index (χ1v) is 6.78. The Kier molecular flexibility index (Phi) is 2.93. The highest BCUT2D eigenvalue weighted by Gasteiger charge is 2.38. The molecule has 0 spiro atoms. The first kappa shape index (κ1) is 13.0. The number of hydrogen-bond donors (Lipinski definition) is 1. The van der Waals surface area contributed by atoms with Crippen molar-refractivity contribution in [2.45, 2.75) is 25.2 Å². The van der Waals surface area contributed by atoms with E-state index in [2.05, 4.69) is 19.1 Å². The summed E-state index contributed by atoms with van der Waals surface area (Å²) in [5.74, 6) is -0.0527. The molecule has 3 rings (SSSR count). The van der Waals surface area contributed by atoms with Crippen LogP contribution >= 0.6 is 0 Å². The Bertz CT molecular complexity index is 645. The highest BCUT2D eigenvalue weighted by Crippen LogP contribution is 2.47. The normalized spacial score (nSPS) is 15.9. The summed E-state index contributed by atoms with van der Waals surface area (Å²) >= 11 is 0. The lowest BCUT2D eigenvalue weighted by Gasteiger charge is -2.12. The molecule has 0 aliphatic heterocycles. The second-order valence-electron chi connectivity index (χ2n) is 5.68. The predicted octanol–water partition coefficient (Wildman–Crippen LogP) is 4.14. The van der Waals surface area contributed by atoms with Gasteiger partial charge in [0.05, 0.1) is 7.11 Å². The van der Waals surface area contributed by atoms with Gasteiger partial charge in [-0.15, -0.1) is 0 Å². The van der Waals surface area contributed by atoms with E-state index in [4.69, 9.17) is 10.5 Å². The smallest absolute Gasteiger partial charge is 0.157 e. The van der Waals surface area contributed by atoms with E-state index in [1.54, 1.807) is 12.1 Å². The Balaban J connectivity index is 1.99. The molecule has 3 heteroatoms. The lowest BCUT2D eigenvalue weighted by molar-refractivity contribution is 0.414. The van der Waals surface area contributed by atoms with Crippen LogP contribution in [0.15, 0.2) is 36.4 Å². The van der Waals surface area contributed by atoms with Gasteiger partial charge in [-0.3, -0.25) is 0 Å². The van der Waals surface area contributed by atoms with Gasteiger partial charge in [-0.1, -0.05) is 31.2 Å². The number of halogens is 1. The highest BCUT2D eigenvalue weighted by molar-refractivity contribution is 5.72. The van der Waals surface area contributed by atoms with Crippen LogP contribution in [0.2, 0.25) is 0 Å². The molecule has 0 amide bonds. The fraction of sp³-hybridized carbons (Fsp3) is 0.294. The summed E-state index contributed by atoms with van der Waals surface area (Å²) in [6, 6.07) is 11.5. The van der Waals surface area contributed by atoms with Gasteiger partial charge in [0.25, 0.3) is 0 Å². The molecule has 1 fully saturated rings. The summed E-state index contributed by atoms with van der Waals surface area (Å²) in [5, 5.41) is 0. The summed E-state index contributed by atoms with van der Waals surface area (Å²) in [5.41, 5.74) is 8.80. The molecule has 0 saturated heterocycles. The van der Waals surface area contributed by atoms with E-state index in [0.29, 0.717) is 16.7 Å². The van der Waals surface area contributed by atoms with E-state index in [0.717, 1.165) is 5.56 Å². The average Bonchev–Trinajstić information content (AvgIpc) is 3.21. The first-order valence-electron chi connectivity index (χ1n) is 6.78. The topological polar surface area (TPSA) is 35.2 Å². The molecule has 0 aromatic heterocycles. The van der Waals surface area contributed by atoms with Crippen molar-refractivity contribution in [2.24, 2.45) is 0 Å². The van der Waals surface area contributed by atoms with E-state index >= 15 is 0 Å². The third-order valence-electron chi connectivity index (χ3n) is 4.25. The highest BCUT2D eigenvalue weighted by atomic mass is 19.1. The Morgan fingerprint density at radius 2 is 1.75 bits per heavy atom. The lowest BCUT2D eigenvalue weighted by Crippen LogP contribution is -2.00. The van der Waals surface area contributed by atoms with Crippen LogP contribution in [0.4, 0.5) is 10.1 Å². The number of nitrogens with two attached hydrogens (primary N) is 1. The Morgan fingerprint density at radius 3 is 2.30 bits per heavy atom. The third-order valence-corrected chi connectivity index (χ3v) is 4.25. The average molecular weight is 271 g/mol. The van der Waals surface area contributed by atoms with E-state index < -0.39 is 5.82 Å². The maximum atomic E-state index is 14.3. The molecule has 2 aromatic carbocycles. The Labute approximate surface area is 118 Å². The molecule has 1 saturated carbocycles. The van der Waals surface area contributed by atoms with Gasteiger partial charge in [-0.2, -0.15) is 0 Å². The van der Waals surface area contributed by atoms with E-state index in [9.17, 15) is 4.39 Å². The van der Waals surface area contributed by atoms with Crippen LogP contribution in [-0.2, 0) is 5.41 Å². The molecule has 2 aromatic rings. The molecular formula is C17H18FNO. The number of ether oxygens (including phenoxy) is 1. The standard InChI is InChI=1S/C17H18FNO/c1-17(9-10-17)12-5-3-11(4-6-12)13-7-8-14(20-2)16(19)15(13)18/h3-8H,9-10,19H2,1-2H3. The molecule has 0 radical (unpaired) electrons. The minimum Gasteiger partial charge on any atom is -0.494 e. The number of benzene rings is 2. The fourth-order valence-corrected chi connectivity index (χ4v) is 2.50. The number of nitrogen functional groups attached to an aromatic ring is 1. The van der Waals surface area contributed by atoms with Crippen LogP contribution < -0.4 is 10.5 Å². The monoisotopic (exact) mass is 271 g/mol. The SMILES string of the molecule is COc1ccc(-c2ccc(C3(C)CC3)cc2)c(F)c1N. The van der Waals surface area contributed by atoms with Crippen LogP contribution in [0.3, 0.4) is 0 Å². The van der Waals surface area contributed by atoms with Crippen molar-refractivity contribution in [1.82, 2.24) is 0 Å². The largest absolute Gasteiger partial charge is 0.494 e. The number of rotatable bonds is 3. The van der Waals surface area contributed by atoms with Crippen molar-refractivity contribution in [1.29, 1.82) is 0 Å². The molecule has 2 nitrogen and oxygen atoms in total. The second-order valence-corrected chi connectivity index (χ2v) is 5.68. The zero-order valence-electron chi connectivity index (χ0n) is 11.7. The minimum absolute atomic E-state index is 0.0585. The van der Waals surface area contributed by atoms with Crippen LogP contribution in [0.25, 0.3) is 11.1 Å². The van der Waals surface area contributed by atoms with Gasteiger partial charge in [0, 0.05) is 5.56 Å². The molecule has 0 atom stereocenters. The van der Waals surface area contributed by atoms with E-state index in [1.165, 1.54) is 25.5 Å². The molecule has 1 aliphatic carbocycles. The molecule has 0 bridgehead atoms. The lowest BCUT2D eigenvalue weighted by atomic mass is 9.95. The summed E-state index contributed by atoms with van der Waals surface area (Å²) in [6.07, 6.45) is 2.46. The minimum atomic E-state index is -0.422. The maximum Gasteiger partial charge on any atom is 0.157 e. The molecule has 104 valence electrons. The molecule has 2 N–H and O–H groups in total. The number of anilines is 1. The van der Waals surface area contributed by atoms with Gasteiger partial charge in [0.2, 0.25) is 0 Å². The van der Waals surface area contributed by atoms with Gasteiger partial charge >= 0.3 is 0 Å². The van der Waals surface area contributed by atoms with E-state index in [-0.39, 0.29) is 5.69 Å². The second kappa shape index (κ2) is 4.51. The molecule has 0 unspecified atom stereocenters. The van der Waals surface area contributed by atoms with Crippen molar-refractivity contribution in [2.75, 3.05) is 12.8 Å². The Hall–Kier alpha value is -2.03. The number of hydrogen-bond acceptors (Lipinski definition) is 2. The van der Waals surface area contributed by atoms with Crippen LogP contribution in [0, 0.1) is 5.82 Å². The fourth-order valence-electron chi connectivity index (χ4n) is 2.50. The predicted molar refractivity (Wildman–Crippen MR) is 79.4 cm³/mol. The zero-order valence-corrected chi connectivity index (χ0v) is 11.7. The van der Waals surface area contributed by atoms with Crippen molar-refractivity contribution < 1.29 is 9.13 Å². The third kappa shape index (κ3) is 2.03. The van der Waals surface area contributed by atoms with E-state index in [1.807, 2.05) is 12.1 Å². The maximum absolute atomic E-state index is 14.3. The molecular weight excluding hydrogens is 253 g/mol. The van der Waals surface area contributed by atoms with Gasteiger partial charge < -0.3 is 10.5 Å². The van der Waals surface area contributed by atoms with Crippen LogP contribution in [0.5, 0.6) is 5.75 Å². The van der Waals surface area contributed by atoms with Crippen molar-refractivity contribution in [3.63, 3.8) is 0 Å². The first-order chi connectivity index (χ1) is 9.55. The molecule has 1 aliphatic rings. The van der Waals surface area contributed by atoms with Gasteiger partial charge in [0.1, 0.15) is 11.4 Å². The van der Waals surface area contributed by atoms with Crippen molar-refractivity contribution >= 4 is 5.69 Å². The summed E-state index contributed by atoms with van der Waals surface area (Å²) in [4.78, 5) is 0. The Morgan fingerprint density at radius 1 is 1.10 bits per heavy atom. The zero-order chi connectivity index (χ0) is 14.3. The summed E-state index contributed by atoms with van der Waals surface area (Å²) in [6.45, 7) is 2.26.